The number of benzene rings is 1. The van der Waals surface area contributed by atoms with Crippen molar-refractivity contribution in [3.8, 4) is 11.8 Å². The van der Waals surface area contributed by atoms with E-state index in [1.807, 2.05) is 6.07 Å². The van der Waals surface area contributed by atoms with Crippen LogP contribution in [-0.2, 0) is 9.53 Å². The molecule has 0 fully saturated rings. The molecule has 0 aliphatic carbocycles. The molecular weight excluding hydrogens is 246 g/mol. The van der Waals surface area contributed by atoms with Crippen molar-refractivity contribution >= 4 is 11.6 Å². The average molecular weight is 263 g/mol. The third kappa shape index (κ3) is 3.95. The van der Waals surface area contributed by atoms with Gasteiger partial charge in [0.2, 0.25) is 5.91 Å². The molecule has 0 bridgehead atoms. The number of methoxy groups -OCH3 is 2. The van der Waals surface area contributed by atoms with Gasteiger partial charge in [0.05, 0.1) is 18.7 Å². The predicted octanol–water partition coefficient (Wildman–Crippen LogP) is 0.869. The molecule has 0 saturated carbocycles. The minimum absolute atomic E-state index is 0.326. The minimum Gasteiger partial charge on any atom is -0.495 e. The van der Waals surface area contributed by atoms with Gasteiger partial charge in [0, 0.05) is 13.7 Å². The van der Waals surface area contributed by atoms with E-state index in [2.05, 4.69) is 5.32 Å². The maximum Gasteiger partial charge on any atom is 0.241 e. The normalized spacial score (nSPS) is 11.5. The number of hydrogen-bond acceptors (Lipinski definition) is 5. The first-order valence-electron chi connectivity index (χ1n) is 5.76. The third-order valence-electron chi connectivity index (χ3n) is 2.58. The number of nitrogens with zero attached hydrogens (tertiary/aromatic N) is 1. The topological polar surface area (TPSA) is 97.4 Å². The van der Waals surface area contributed by atoms with Gasteiger partial charge in [-0.3, -0.25) is 4.79 Å². The standard InChI is InChI=1S/C13H17N3O3/c1-18-7-6-10(15)13(17)16-12-9(8-14)4-3-5-11(12)19-2/h3-5,10H,6-7,15H2,1-2H3,(H,16,17). The monoisotopic (exact) mass is 263 g/mol. The minimum atomic E-state index is -0.698. The molecular formula is C13H17N3O3. The van der Waals surface area contributed by atoms with Gasteiger partial charge < -0.3 is 20.5 Å². The Morgan fingerprint density at radius 2 is 2.26 bits per heavy atom. The molecule has 1 aromatic carbocycles. The van der Waals surface area contributed by atoms with Crippen LogP contribution < -0.4 is 15.8 Å². The highest BCUT2D eigenvalue weighted by Gasteiger charge is 2.17. The molecule has 1 rings (SSSR count). The number of carbonyl (C=O) groups is 1. The second kappa shape index (κ2) is 7.36. The summed E-state index contributed by atoms with van der Waals surface area (Å²) in [5.41, 5.74) is 6.38. The maximum absolute atomic E-state index is 11.9. The summed E-state index contributed by atoms with van der Waals surface area (Å²) in [7, 11) is 3.01. The van der Waals surface area contributed by atoms with Crippen LogP contribution in [0.2, 0.25) is 0 Å². The zero-order valence-corrected chi connectivity index (χ0v) is 11.0. The van der Waals surface area contributed by atoms with Gasteiger partial charge in [0.1, 0.15) is 17.5 Å². The second-order valence-corrected chi connectivity index (χ2v) is 3.87. The Hall–Kier alpha value is -2.10. The number of amides is 1. The predicted molar refractivity (Wildman–Crippen MR) is 70.8 cm³/mol. The van der Waals surface area contributed by atoms with E-state index in [1.165, 1.54) is 7.11 Å². The summed E-state index contributed by atoms with van der Waals surface area (Å²) in [6.07, 6.45) is 0.402. The van der Waals surface area contributed by atoms with Crippen LogP contribution >= 0.6 is 0 Å². The summed E-state index contributed by atoms with van der Waals surface area (Å²) < 4.78 is 9.98. The van der Waals surface area contributed by atoms with Crippen molar-refractivity contribution in [3.05, 3.63) is 23.8 Å². The molecule has 6 heteroatoms. The number of nitriles is 1. The molecule has 3 N–H and O–H groups in total. The van der Waals surface area contributed by atoms with Gasteiger partial charge in [-0.1, -0.05) is 6.07 Å². The van der Waals surface area contributed by atoms with Crippen LogP contribution in [0, 0.1) is 11.3 Å². The largest absolute Gasteiger partial charge is 0.495 e. The zero-order chi connectivity index (χ0) is 14.3. The quantitative estimate of drug-likeness (QED) is 0.793. The van der Waals surface area contributed by atoms with Crippen molar-refractivity contribution in [2.24, 2.45) is 5.73 Å². The average Bonchev–Trinajstić information content (AvgIpc) is 2.44. The van der Waals surface area contributed by atoms with E-state index >= 15 is 0 Å². The number of carbonyl (C=O) groups excluding carboxylic acids is 1. The van der Waals surface area contributed by atoms with Gasteiger partial charge in [-0.15, -0.1) is 0 Å². The highest BCUT2D eigenvalue weighted by atomic mass is 16.5. The highest BCUT2D eigenvalue weighted by Crippen LogP contribution is 2.27. The molecule has 1 aromatic rings. The summed E-state index contributed by atoms with van der Waals surface area (Å²) in [6, 6.07) is 6.24. The Balaban J connectivity index is 2.87. The molecule has 0 aromatic heterocycles. The number of para-hydroxylation sites is 1. The van der Waals surface area contributed by atoms with Crippen LogP contribution in [0.5, 0.6) is 5.75 Å². The van der Waals surface area contributed by atoms with Gasteiger partial charge in [-0.25, -0.2) is 0 Å². The Morgan fingerprint density at radius 3 is 2.84 bits per heavy atom. The molecule has 0 spiro atoms. The lowest BCUT2D eigenvalue weighted by Crippen LogP contribution is -2.36. The summed E-state index contributed by atoms with van der Waals surface area (Å²) >= 11 is 0. The van der Waals surface area contributed by atoms with Crippen LogP contribution in [0.4, 0.5) is 5.69 Å². The van der Waals surface area contributed by atoms with Crippen LogP contribution in [0.25, 0.3) is 0 Å². The van der Waals surface area contributed by atoms with Gasteiger partial charge in [0.15, 0.2) is 0 Å². The van der Waals surface area contributed by atoms with Gasteiger partial charge in [-0.05, 0) is 18.6 Å². The lowest BCUT2D eigenvalue weighted by molar-refractivity contribution is -0.117. The molecule has 6 nitrogen and oxygen atoms in total. The molecule has 19 heavy (non-hydrogen) atoms. The van der Waals surface area contributed by atoms with E-state index in [4.69, 9.17) is 20.5 Å². The van der Waals surface area contributed by atoms with E-state index in [1.54, 1.807) is 25.3 Å². The highest BCUT2D eigenvalue weighted by molar-refractivity contribution is 5.97. The second-order valence-electron chi connectivity index (χ2n) is 3.87. The number of hydrogen-bond donors (Lipinski definition) is 2. The number of nitrogens with one attached hydrogen (secondary N) is 1. The van der Waals surface area contributed by atoms with Crippen LogP contribution in [-0.4, -0.2) is 32.8 Å². The molecule has 0 heterocycles. The van der Waals surface area contributed by atoms with Crippen LogP contribution in [0.3, 0.4) is 0 Å². The van der Waals surface area contributed by atoms with E-state index in [-0.39, 0.29) is 5.91 Å². The smallest absolute Gasteiger partial charge is 0.241 e. The number of rotatable bonds is 6. The summed E-state index contributed by atoms with van der Waals surface area (Å²) in [5.74, 6) is 0.0457. The number of anilines is 1. The molecule has 0 saturated heterocycles. The van der Waals surface area contributed by atoms with Crippen molar-refractivity contribution in [2.75, 3.05) is 26.1 Å². The summed E-state index contributed by atoms with van der Waals surface area (Å²) in [4.78, 5) is 11.9. The zero-order valence-electron chi connectivity index (χ0n) is 11.0. The third-order valence-corrected chi connectivity index (χ3v) is 2.58. The number of nitrogens with two attached hydrogens (primary N) is 1. The van der Waals surface area contributed by atoms with Crippen LogP contribution in [0.15, 0.2) is 18.2 Å². The van der Waals surface area contributed by atoms with Crippen molar-refractivity contribution in [2.45, 2.75) is 12.5 Å². The van der Waals surface area contributed by atoms with Gasteiger partial charge in [0.25, 0.3) is 0 Å². The molecule has 1 unspecified atom stereocenters. The van der Waals surface area contributed by atoms with Crippen molar-refractivity contribution in [1.29, 1.82) is 5.26 Å². The molecule has 0 radical (unpaired) electrons. The first kappa shape index (κ1) is 15.0. The summed E-state index contributed by atoms with van der Waals surface area (Å²) in [6.45, 7) is 0.394. The SMILES string of the molecule is COCCC(N)C(=O)Nc1c(C#N)cccc1OC. The molecule has 0 aliphatic rings. The Kier molecular flexibility index (Phi) is 5.79. The fourth-order valence-corrected chi connectivity index (χ4v) is 1.52. The maximum atomic E-state index is 11.9. The Morgan fingerprint density at radius 1 is 1.53 bits per heavy atom. The van der Waals surface area contributed by atoms with Crippen LogP contribution in [0.1, 0.15) is 12.0 Å². The Labute approximate surface area is 112 Å². The molecule has 1 amide bonds. The van der Waals surface area contributed by atoms with Gasteiger partial charge in [-0.2, -0.15) is 5.26 Å². The lowest BCUT2D eigenvalue weighted by atomic mass is 10.1. The molecule has 102 valence electrons. The van der Waals surface area contributed by atoms with E-state index in [9.17, 15) is 4.79 Å². The van der Waals surface area contributed by atoms with Crippen molar-refractivity contribution in [1.82, 2.24) is 0 Å². The fourth-order valence-electron chi connectivity index (χ4n) is 1.52. The molecule has 0 aliphatic heterocycles. The first-order chi connectivity index (χ1) is 9.13. The Bertz CT molecular complexity index is 483. The summed E-state index contributed by atoms with van der Waals surface area (Å²) in [5, 5.41) is 11.6. The van der Waals surface area contributed by atoms with E-state index < -0.39 is 6.04 Å². The fraction of sp³-hybridized carbons (Fsp3) is 0.385. The molecule has 1 atom stereocenters. The van der Waals surface area contributed by atoms with E-state index in [0.29, 0.717) is 30.0 Å². The van der Waals surface area contributed by atoms with Crippen molar-refractivity contribution < 1.29 is 14.3 Å². The number of ether oxygens (including phenoxy) is 2. The van der Waals surface area contributed by atoms with E-state index in [0.717, 1.165) is 0 Å². The first-order valence-corrected chi connectivity index (χ1v) is 5.76. The lowest BCUT2D eigenvalue weighted by Gasteiger charge is -2.15. The van der Waals surface area contributed by atoms with Gasteiger partial charge >= 0.3 is 0 Å². The van der Waals surface area contributed by atoms with Crippen molar-refractivity contribution in [3.63, 3.8) is 0 Å².